The Bertz CT molecular complexity index is 389. The average molecular weight is 204 g/mol. The molecule has 15 heavy (non-hydrogen) atoms. The lowest BCUT2D eigenvalue weighted by atomic mass is 10.3. The molecule has 5 heteroatoms. The summed E-state index contributed by atoms with van der Waals surface area (Å²) >= 11 is 0. The van der Waals surface area contributed by atoms with E-state index < -0.39 is 0 Å². The Labute approximate surface area is 87.3 Å². The van der Waals surface area contributed by atoms with Crippen molar-refractivity contribution in [3.63, 3.8) is 0 Å². The Kier molecular flexibility index (Phi) is 2.53. The Morgan fingerprint density at radius 2 is 2.07 bits per heavy atom. The molecule has 77 valence electrons. The number of carbonyl (C=O) groups is 1. The van der Waals surface area contributed by atoms with E-state index in [1.165, 1.54) is 4.90 Å². The van der Waals surface area contributed by atoms with Crippen molar-refractivity contribution in [1.29, 1.82) is 0 Å². The van der Waals surface area contributed by atoms with E-state index in [9.17, 15) is 4.79 Å². The van der Waals surface area contributed by atoms with Gasteiger partial charge in [-0.25, -0.2) is 9.69 Å². The fraction of sp³-hybridized carbons (Fsp3) is 0.200. The molecule has 1 heterocycles. The SMILES string of the molecule is CCN1C(=O)[N]N=C1Oc1ccccc1. The minimum absolute atomic E-state index is 0.230. The zero-order chi connectivity index (χ0) is 10.7. The van der Waals surface area contributed by atoms with Gasteiger partial charge in [-0.05, 0) is 19.1 Å². The number of hydrogen-bond donors (Lipinski definition) is 0. The van der Waals surface area contributed by atoms with Gasteiger partial charge < -0.3 is 4.74 Å². The first kappa shape index (κ1) is 9.51. The van der Waals surface area contributed by atoms with Gasteiger partial charge in [0.1, 0.15) is 5.75 Å². The summed E-state index contributed by atoms with van der Waals surface area (Å²) in [5, 5.41) is 3.66. The van der Waals surface area contributed by atoms with Crippen LogP contribution in [0.3, 0.4) is 0 Å². The largest absolute Gasteiger partial charge is 0.424 e. The molecule has 0 saturated carbocycles. The zero-order valence-electron chi connectivity index (χ0n) is 8.25. The van der Waals surface area contributed by atoms with E-state index >= 15 is 0 Å². The molecule has 0 N–H and O–H groups in total. The van der Waals surface area contributed by atoms with Crippen molar-refractivity contribution in [2.75, 3.05) is 6.54 Å². The van der Waals surface area contributed by atoms with Crippen LogP contribution in [0.5, 0.6) is 5.75 Å². The van der Waals surface area contributed by atoms with Crippen LogP contribution in [0.2, 0.25) is 0 Å². The van der Waals surface area contributed by atoms with Gasteiger partial charge in [-0.1, -0.05) is 28.7 Å². The van der Waals surface area contributed by atoms with E-state index in [-0.39, 0.29) is 12.1 Å². The van der Waals surface area contributed by atoms with Crippen LogP contribution in [-0.2, 0) is 0 Å². The van der Waals surface area contributed by atoms with Gasteiger partial charge in [0.05, 0.1) is 0 Å². The number of para-hydroxylation sites is 1. The van der Waals surface area contributed by atoms with Crippen LogP contribution < -0.4 is 10.2 Å². The van der Waals surface area contributed by atoms with Gasteiger partial charge in [-0.15, -0.1) is 0 Å². The van der Waals surface area contributed by atoms with Gasteiger partial charge in [0.15, 0.2) is 0 Å². The number of nitrogens with zero attached hydrogens (tertiary/aromatic N) is 3. The fourth-order valence-electron chi connectivity index (χ4n) is 1.22. The summed E-state index contributed by atoms with van der Waals surface area (Å²) in [6.07, 6.45) is 0. The minimum Gasteiger partial charge on any atom is -0.424 e. The Morgan fingerprint density at radius 3 is 2.73 bits per heavy atom. The molecule has 2 rings (SSSR count). The van der Waals surface area contributed by atoms with Gasteiger partial charge >= 0.3 is 12.1 Å². The number of amidine groups is 1. The van der Waals surface area contributed by atoms with Crippen molar-refractivity contribution < 1.29 is 9.53 Å². The maximum atomic E-state index is 11.2. The molecule has 2 amide bonds. The summed E-state index contributed by atoms with van der Waals surface area (Å²) in [5.41, 5.74) is 3.42. The number of urea groups is 1. The fourth-order valence-corrected chi connectivity index (χ4v) is 1.22. The lowest BCUT2D eigenvalue weighted by Crippen LogP contribution is -2.35. The Hall–Kier alpha value is -2.04. The highest BCUT2D eigenvalue weighted by Crippen LogP contribution is 2.12. The lowest BCUT2D eigenvalue weighted by Gasteiger charge is -2.13. The predicted molar refractivity (Wildman–Crippen MR) is 54.4 cm³/mol. The van der Waals surface area contributed by atoms with E-state index in [1.54, 1.807) is 12.1 Å². The van der Waals surface area contributed by atoms with Crippen molar-refractivity contribution in [2.24, 2.45) is 5.10 Å². The van der Waals surface area contributed by atoms with Crippen LogP contribution in [-0.4, -0.2) is 23.5 Å². The standard InChI is InChI=1S/C10H10N3O2/c1-2-13-9(14)11-12-10(13)15-8-6-4-3-5-7-8/h3-7H,2H2,1H3. The van der Waals surface area contributed by atoms with E-state index in [0.717, 1.165) is 0 Å². The number of ether oxygens (including phenoxy) is 1. The van der Waals surface area contributed by atoms with Crippen LogP contribution >= 0.6 is 0 Å². The van der Waals surface area contributed by atoms with Gasteiger partial charge in [0, 0.05) is 6.54 Å². The molecule has 0 aliphatic carbocycles. The van der Waals surface area contributed by atoms with E-state index in [4.69, 9.17) is 4.74 Å². The van der Waals surface area contributed by atoms with Crippen molar-refractivity contribution in [2.45, 2.75) is 6.92 Å². The smallest absolute Gasteiger partial charge is 0.370 e. The van der Waals surface area contributed by atoms with Crippen LogP contribution in [0.15, 0.2) is 35.4 Å². The molecule has 1 aromatic rings. The van der Waals surface area contributed by atoms with Crippen molar-refractivity contribution >= 4 is 12.1 Å². The molecule has 0 aromatic heterocycles. The quantitative estimate of drug-likeness (QED) is 0.731. The number of carbonyl (C=O) groups excluding carboxylic acids is 1. The van der Waals surface area contributed by atoms with E-state index in [2.05, 4.69) is 10.5 Å². The summed E-state index contributed by atoms with van der Waals surface area (Å²) in [4.78, 5) is 12.5. The molecule has 1 aliphatic heterocycles. The molecule has 1 radical (unpaired) electrons. The summed E-state index contributed by atoms with van der Waals surface area (Å²) in [7, 11) is 0. The second-order valence-corrected chi connectivity index (χ2v) is 2.92. The number of hydrogen-bond acceptors (Lipinski definition) is 3. The van der Waals surface area contributed by atoms with Gasteiger partial charge in [0.2, 0.25) is 0 Å². The molecule has 0 atom stereocenters. The van der Waals surface area contributed by atoms with E-state index in [1.807, 2.05) is 25.1 Å². The summed E-state index contributed by atoms with van der Waals surface area (Å²) in [6, 6.07) is 9.01. The molecular formula is C10H10N3O2. The molecule has 0 spiro atoms. The maximum Gasteiger partial charge on any atom is 0.370 e. The summed E-state index contributed by atoms with van der Waals surface area (Å²) < 4.78 is 5.41. The molecule has 0 saturated heterocycles. The third kappa shape index (κ3) is 1.90. The first-order valence-electron chi connectivity index (χ1n) is 4.64. The Balaban J connectivity index is 2.10. The number of amides is 2. The average Bonchev–Trinajstić information content (AvgIpc) is 2.61. The molecule has 1 aromatic carbocycles. The second-order valence-electron chi connectivity index (χ2n) is 2.92. The second kappa shape index (κ2) is 4.00. The van der Waals surface area contributed by atoms with Crippen molar-refractivity contribution in [1.82, 2.24) is 10.3 Å². The molecule has 0 bridgehead atoms. The van der Waals surface area contributed by atoms with Crippen molar-refractivity contribution in [3.8, 4) is 5.75 Å². The first-order valence-corrected chi connectivity index (χ1v) is 4.64. The number of benzene rings is 1. The third-order valence-corrected chi connectivity index (χ3v) is 1.95. The first-order chi connectivity index (χ1) is 7.31. The topological polar surface area (TPSA) is 56.0 Å². The van der Waals surface area contributed by atoms with Crippen LogP contribution in [0.25, 0.3) is 0 Å². The van der Waals surface area contributed by atoms with Crippen LogP contribution in [0.1, 0.15) is 6.92 Å². The van der Waals surface area contributed by atoms with Gasteiger partial charge in [0.25, 0.3) is 0 Å². The third-order valence-electron chi connectivity index (χ3n) is 1.95. The molecule has 0 unspecified atom stereocenters. The molecule has 0 fully saturated rings. The molecule has 1 aliphatic rings. The predicted octanol–water partition coefficient (Wildman–Crippen LogP) is 1.40. The summed E-state index contributed by atoms with van der Waals surface area (Å²) in [5.74, 6) is 0.639. The highest BCUT2D eigenvalue weighted by molar-refractivity contribution is 5.98. The monoisotopic (exact) mass is 204 g/mol. The van der Waals surface area contributed by atoms with Gasteiger partial charge in [-0.3, -0.25) is 0 Å². The van der Waals surface area contributed by atoms with Crippen molar-refractivity contribution in [3.05, 3.63) is 30.3 Å². The zero-order valence-corrected chi connectivity index (χ0v) is 8.25. The van der Waals surface area contributed by atoms with Crippen LogP contribution in [0.4, 0.5) is 4.79 Å². The highest BCUT2D eigenvalue weighted by Gasteiger charge is 2.27. The maximum absolute atomic E-state index is 11.2. The van der Waals surface area contributed by atoms with Crippen LogP contribution in [0, 0.1) is 0 Å². The molecular weight excluding hydrogens is 194 g/mol. The Morgan fingerprint density at radius 1 is 1.33 bits per heavy atom. The van der Waals surface area contributed by atoms with Gasteiger partial charge in [-0.2, -0.15) is 0 Å². The number of rotatable bonds is 2. The summed E-state index contributed by atoms with van der Waals surface area (Å²) in [6.45, 7) is 2.33. The minimum atomic E-state index is -0.386. The normalized spacial score (nSPS) is 14.9. The molecule has 5 nitrogen and oxygen atoms in total. The lowest BCUT2D eigenvalue weighted by molar-refractivity contribution is 0.223. The van der Waals surface area contributed by atoms with E-state index in [0.29, 0.717) is 12.3 Å². The highest BCUT2D eigenvalue weighted by atomic mass is 16.5.